The number of hydrogen-bond donors (Lipinski definition) is 1. The number of pyridine rings is 1. The number of piperidine rings is 1. The number of aliphatic imine (C=N–C) groups is 1. The Balaban J connectivity index is 0.00000243. The molecule has 3 unspecified atom stereocenters. The highest BCUT2D eigenvalue weighted by molar-refractivity contribution is 14.0. The number of likely N-dealkylation sites (tertiary alicyclic amines) is 1. The molecule has 2 aliphatic heterocycles. The third-order valence-electron chi connectivity index (χ3n) is 4.96. The molecule has 3 rings (SSSR count). The molecule has 2 aliphatic rings. The average Bonchev–Trinajstić information content (AvgIpc) is 2.59. The second-order valence-corrected chi connectivity index (χ2v) is 7.55. The lowest BCUT2D eigenvalue weighted by molar-refractivity contribution is -0.00545. The van der Waals surface area contributed by atoms with Gasteiger partial charge >= 0.3 is 0 Å². The van der Waals surface area contributed by atoms with Gasteiger partial charge in [-0.05, 0) is 44.2 Å². The molecule has 3 atom stereocenters. The summed E-state index contributed by atoms with van der Waals surface area (Å²) in [7, 11) is 0. The molecular formula is C19H32IN5O. The van der Waals surface area contributed by atoms with Gasteiger partial charge in [0.05, 0.1) is 18.8 Å². The number of morpholine rings is 1. The summed E-state index contributed by atoms with van der Waals surface area (Å²) in [6.07, 6.45) is 4.87. The van der Waals surface area contributed by atoms with E-state index in [4.69, 9.17) is 10.5 Å². The number of halogens is 1. The lowest BCUT2D eigenvalue weighted by atomic mass is 10.0. The Morgan fingerprint density at radius 1 is 1.23 bits per heavy atom. The highest BCUT2D eigenvalue weighted by Gasteiger charge is 2.23. The molecule has 0 spiro atoms. The van der Waals surface area contributed by atoms with E-state index >= 15 is 0 Å². The minimum Gasteiger partial charge on any atom is -0.372 e. The fourth-order valence-electron chi connectivity index (χ4n) is 3.73. The Bertz CT molecular complexity index is 584. The Labute approximate surface area is 174 Å². The van der Waals surface area contributed by atoms with Gasteiger partial charge in [0.15, 0.2) is 5.96 Å². The van der Waals surface area contributed by atoms with Crippen molar-refractivity contribution in [2.45, 2.75) is 52.4 Å². The SMILES string of the molecule is CC1CCCN(C(N)=NCc2ccc(N3CC(C)OC(C)C3)nc2)C1.I. The number of anilines is 1. The predicted molar refractivity (Wildman–Crippen MR) is 117 cm³/mol. The molecule has 146 valence electrons. The first-order valence-electron chi connectivity index (χ1n) is 9.41. The zero-order valence-corrected chi connectivity index (χ0v) is 18.4. The number of nitrogens with zero attached hydrogens (tertiary/aromatic N) is 4. The van der Waals surface area contributed by atoms with E-state index in [1.807, 2.05) is 6.20 Å². The molecule has 0 bridgehead atoms. The van der Waals surface area contributed by atoms with Crippen LogP contribution in [0.25, 0.3) is 0 Å². The van der Waals surface area contributed by atoms with Crippen LogP contribution in [0.1, 0.15) is 39.2 Å². The summed E-state index contributed by atoms with van der Waals surface area (Å²) >= 11 is 0. The highest BCUT2D eigenvalue weighted by atomic mass is 127. The van der Waals surface area contributed by atoms with Crippen molar-refractivity contribution in [3.8, 4) is 0 Å². The number of rotatable bonds is 3. The van der Waals surface area contributed by atoms with Crippen LogP contribution in [-0.2, 0) is 11.3 Å². The molecular weight excluding hydrogens is 441 g/mol. The third-order valence-corrected chi connectivity index (χ3v) is 4.96. The Hall–Kier alpha value is -1.09. The molecule has 2 saturated heterocycles. The number of ether oxygens (including phenoxy) is 1. The second-order valence-electron chi connectivity index (χ2n) is 7.55. The van der Waals surface area contributed by atoms with E-state index in [0.29, 0.717) is 18.4 Å². The third kappa shape index (κ3) is 5.70. The van der Waals surface area contributed by atoms with Gasteiger partial charge in [0.25, 0.3) is 0 Å². The van der Waals surface area contributed by atoms with Gasteiger partial charge < -0.3 is 20.3 Å². The standard InChI is InChI=1S/C19H31N5O.HI/c1-14-5-4-8-23(11-14)19(20)22-10-17-6-7-18(21-9-17)24-12-15(2)25-16(3)13-24;/h6-7,9,14-16H,4-5,8,10-13H2,1-3H3,(H2,20,22);1H. The molecule has 2 N–H and O–H groups in total. The maximum atomic E-state index is 6.17. The van der Waals surface area contributed by atoms with Gasteiger partial charge in [0.1, 0.15) is 5.82 Å². The maximum Gasteiger partial charge on any atom is 0.191 e. The zero-order valence-electron chi connectivity index (χ0n) is 16.1. The molecule has 2 fully saturated rings. The van der Waals surface area contributed by atoms with Gasteiger partial charge in [-0.25, -0.2) is 9.98 Å². The molecule has 0 aromatic carbocycles. The zero-order chi connectivity index (χ0) is 17.8. The van der Waals surface area contributed by atoms with Crippen LogP contribution in [0.15, 0.2) is 23.3 Å². The Morgan fingerprint density at radius 2 is 1.96 bits per heavy atom. The van der Waals surface area contributed by atoms with Crippen LogP contribution in [0, 0.1) is 5.92 Å². The Morgan fingerprint density at radius 3 is 2.58 bits per heavy atom. The largest absolute Gasteiger partial charge is 0.372 e. The fraction of sp³-hybridized carbons (Fsp3) is 0.684. The van der Waals surface area contributed by atoms with Crippen molar-refractivity contribution in [2.75, 3.05) is 31.1 Å². The van der Waals surface area contributed by atoms with Crippen LogP contribution in [0.2, 0.25) is 0 Å². The number of nitrogens with two attached hydrogens (primary N) is 1. The van der Waals surface area contributed by atoms with E-state index in [2.05, 4.69) is 52.7 Å². The van der Waals surface area contributed by atoms with Gasteiger partial charge in [-0.1, -0.05) is 13.0 Å². The van der Waals surface area contributed by atoms with E-state index in [1.165, 1.54) is 12.8 Å². The van der Waals surface area contributed by atoms with E-state index in [9.17, 15) is 0 Å². The number of aromatic nitrogens is 1. The van der Waals surface area contributed by atoms with Crippen molar-refractivity contribution in [3.05, 3.63) is 23.9 Å². The topological polar surface area (TPSA) is 67.0 Å². The maximum absolute atomic E-state index is 6.17. The first-order valence-corrected chi connectivity index (χ1v) is 9.41. The minimum atomic E-state index is 0. The Kier molecular flexibility index (Phi) is 7.94. The van der Waals surface area contributed by atoms with Crippen LogP contribution in [0.3, 0.4) is 0 Å². The van der Waals surface area contributed by atoms with Crippen LogP contribution in [0.5, 0.6) is 0 Å². The summed E-state index contributed by atoms with van der Waals surface area (Å²) in [6, 6.07) is 4.18. The van der Waals surface area contributed by atoms with Crippen LogP contribution in [0.4, 0.5) is 5.82 Å². The van der Waals surface area contributed by atoms with E-state index in [0.717, 1.165) is 37.6 Å². The molecule has 0 aliphatic carbocycles. The van der Waals surface area contributed by atoms with E-state index < -0.39 is 0 Å². The average molecular weight is 473 g/mol. The van der Waals surface area contributed by atoms with Crippen LogP contribution < -0.4 is 10.6 Å². The van der Waals surface area contributed by atoms with Crippen molar-refractivity contribution >= 4 is 35.8 Å². The summed E-state index contributed by atoms with van der Waals surface area (Å²) in [5, 5.41) is 0. The van der Waals surface area contributed by atoms with Gasteiger partial charge in [0.2, 0.25) is 0 Å². The normalized spacial score (nSPS) is 27.2. The van der Waals surface area contributed by atoms with Crippen molar-refractivity contribution in [1.82, 2.24) is 9.88 Å². The lowest BCUT2D eigenvalue weighted by Crippen LogP contribution is -2.45. The smallest absolute Gasteiger partial charge is 0.191 e. The first-order chi connectivity index (χ1) is 12.0. The lowest BCUT2D eigenvalue weighted by Gasteiger charge is -2.36. The fourth-order valence-corrected chi connectivity index (χ4v) is 3.73. The quantitative estimate of drug-likeness (QED) is 0.416. The van der Waals surface area contributed by atoms with Crippen molar-refractivity contribution in [2.24, 2.45) is 16.6 Å². The molecule has 3 heterocycles. The van der Waals surface area contributed by atoms with Gasteiger partial charge in [-0.3, -0.25) is 0 Å². The van der Waals surface area contributed by atoms with Gasteiger partial charge in [-0.15, -0.1) is 24.0 Å². The molecule has 1 aromatic heterocycles. The van der Waals surface area contributed by atoms with E-state index in [-0.39, 0.29) is 36.2 Å². The van der Waals surface area contributed by atoms with Crippen molar-refractivity contribution in [3.63, 3.8) is 0 Å². The highest BCUT2D eigenvalue weighted by Crippen LogP contribution is 2.19. The van der Waals surface area contributed by atoms with Crippen LogP contribution in [-0.4, -0.2) is 54.2 Å². The van der Waals surface area contributed by atoms with Crippen molar-refractivity contribution in [1.29, 1.82) is 0 Å². The van der Waals surface area contributed by atoms with Gasteiger partial charge in [-0.2, -0.15) is 0 Å². The molecule has 0 radical (unpaired) electrons. The second kappa shape index (κ2) is 9.73. The van der Waals surface area contributed by atoms with Crippen molar-refractivity contribution < 1.29 is 4.74 Å². The van der Waals surface area contributed by atoms with Gasteiger partial charge in [0, 0.05) is 32.4 Å². The molecule has 0 amide bonds. The number of guanidine groups is 1. The monoisotopic (exact) mass is 473 g/mol. The molecule has 0 saturated carbocycles. The molecule has 6 nitrogen and oxygen atoms in total. The first kappa shape index (κ1) is 21.2. The number of hydrogen-bond acceptors (Lipinski definition) is 4. The molecule has 1 aromatic rings. The summed E-state index contributed by atoms with van der Waals surface area (Å²) in [6.45, 7) is 10.9. The minimum absolute atomic E-state index is 0. The summed E-state index contributed by atoms with van der Waals surface area (Å²) in [5.41, 5.74) is 7.26. The van der Waals surface area contributed by atoms with Crippen LogP contribution >= 0.6 is 24.0 Å². The predicted octanol–water partition coefficient (Wildman–Crippen LogP) is 2.86. The van der Waals surface area contributed by atoms with E-state index in [1.54, 1.807) is 0 Å². The summed E-state index contributed by atoms with van der Waals surface area (Å²) in [4.78, 5) is 13.7. The molecule has 26 heavy (non-hydrogen) atoms. The molecule has 7 heteroatoms. The summed E-state index contributed by atoms with van der Waals surface area (Å²) in [5.74, 6) is 2.36. The summed E-state index contributed by atoms with van der Waals surface area (Å²) < 4.78 is 5.79.